The zero-order valence-electron chi connectivity index (χ0n) is 15.8. The molecule has 0 aromatic carbocycles. The third-order valence-electron chi connectivity index (χ3n) is 6.12. The number of aromatic nitrogens is 2. The van der Waals surface area contributed by atoms with E-state index in [-0.39, 0.29) is 11.7 Å². The molecule has 0 N–H and O–H groups in total. The van der Waals surface area contributed by atoms with Crippen LogP contribution in [0.3, 0.4) is 0 Å². The zero-order valence-corrected chi connectivity index (χ0v) is 15.8. The number of nitrogens with zero attached hydrogens (tertiary/aromatic N) is 3. The minimum Gasteiger partial charge on any atom is -0.474 e. The Balaban J connectivity index is 1.51. The highest BCUT2D eigenvalue weighted by Crippen LogP contribution is 2.44. The fourth-order valence-electron chi connectivity index (χ4n) is 4.57. The first kappa shape index (κ1) is 17.5. The molecule has 2 fully saturated rings. The summed E-state index contributed by atoms with van der Waals surface area (Å²) >= 11 is 0. The molecule has 2 aliphatic rings. The molecule has 1 aliphatic heterocycles. The quantitative estimate of drug-likeness (QED) is 0.818. The number of hydrogen-bond acceptors (Lipinski definition) is 6. The molecule has 0 unspecified atom stereocenters. The maximum Gasteiger partial charge on any atom is 0.213 e. The van der Waals surface area contributed by atoms with Crippen molar-refractivity contribution in [2.75, 3.05) is 13.7 Å². The van der Waals surface area contributed by atoms with Crippen LogP contribution in [0.15, 0.2) is 28.9 Å². The lowest BCUT2D eigenvalue weighted by molar-refractivity contribution is -0.0843. The number of likely N-dealkylation sites (tertiary alicyclic amines) is 1. The zero-order chi connectivity index (χ0) is 18.1. The summed E-state index contributed by atoms with van der Waals surface area (Å²) in [4.78, 5) is 6.83. The Kier molecular flexibility index (Phi) is 4.71. The normalized spacial score (nSPS) is 28.9. The lowest BCUT2D eigenvalue weighted by Gasteiger charge is -2.43. The van der Waals surface area contributed by atoms with Gasteiger partial charge in [0.05, 0.1) is 11.3 Å². The van der Waals surface area contributed by atoms with Crippen LogP contribution in [-0.4, -0.2) is 46.4 Å². The summed E-state index contributed by atoms with van der Waals surface area (Å²) in [7, 11) is 1.85. The Labute approximate surface area is 154 Å². The molecule has 0 bridgehead atoms. The second-order valence-electron chi connectivity index (χ2n) is 7.49. The highest BCUT2D eigenvalue weighted by Gasteiger charge is 2.51. The fourth-order valence-corrected chi connectivity index (χ4v) is 4.57. The molecule has 1 saturated heterocycles. The summed E-state index contributed by atoms with van der Waals surface area (Å²) in [5.41, 5.74) is 2.11. The Morgan fingerprint density at radius 3 is 2.88 bits per heavy atom. The molecular formula is C20H27N3O3. The van der Waals surface area contributed by atoms with Crippen molar-refractivity contribution < 1.29 is 14.0 Å². The molecule has 0 radical (unpaired) electrons. The van der Waals surface area contributed by atoms with Crippen LogP contribution in [0.2, 0.25) is 0 Å². The van der Waals surface area contributed by atoms with Crippen LogP contribution in [0.4, 0.5) is 0 Å². The molecule has 6 nitrogen and oxygen atoms in total. The van der Waals surface area contributed by atoms with Gasteiger partial charge in [0.15, 0.2) is 0 Å². The van der Waals surface area contributed by atoms with Crippen LogP contribution < -0.4 is 4.74 Å². The molecule has 4 rings (SSSR count). The Morgan fingerprint density at radius 2 is 2.19 bits per heavy atom. The van der Waals surface area contributed by atoms with Crippen molar-refractivity contribution in [1.82, 2.24) is 15.0 Å². The first-order valence-electron chi connectivity index (χ1n) is 9.40. The summed E-state index contributed by atoms with van der Waals surface area (Å²) in [6.07, 6.45) is 5.98. The van der Waals surface area contributed by atoms with E-state index in [1.807, 2.05) is 39.2 Å². The first-order valence-corrected chi connectivity index (χ1v) is 9.40. The van der Waals surface area contributed by atoms with Gasteiger partial charge >= 0.3 is 0 Å². The van der Waals surface area contributed by atoms with Crippen LogP contribution in [0.25, 0.3) is 0 Å². The number of fused-ring (bicyclic) bond motifs is 1. The van der Waals surface area contributed by atoms with Crippen LogP contribution in [0.1, 0.15) is 42.7 Å². The topological polar surface area (TPSA) is 60.6 Å². The van der Waals surface area contributed by atoms with E-state index in [4.69, 9.17) is 14.0 Å². The minimum atomic E-state index is -0.0665. The third kappa shape index (κ3) is 3.12. The molecular weight excluding hydrogens is 330 g/mol. The number of ether oxygens (including phenoxy) is 2. The number of hydrogen-bond donors (Lipinski definition) is 0. The standard InChI is InChI=1S/C20H27N3O3/c1-14-17(15(2)26-22-14)13-23-11-9-20(24-3)8-7-16(12-18(20)23)25-19-6-4-5-10-21-19/h4-6,10,16,18H,7-9,11-13H2,1-3H3/t16-,18-,20+/m0/s1. The van der Waals surface area contributed by atoms with Gasteiger partial charge in [0.1, 0.15) is 11.9 Å². The van der Waals surface area contributed by atoms with Crippen LogP contribution >= 0.6 is 0 Å². The molecule has 3 atom stereocenters. The van der Waals surface area contributed by atoms with Gasteiger partial charge < -0.3 is 14.0 Å². The second kappa shape index (κ2) is 7.00. The van der Waals surface area contributed by atoms with Crippen molar-refractivity contribution >= 4 is 0 Å². The molecule has 26 heavy (non-hydrogen) atoms. The van der Waals surface area contributed by atoms with E-state index in [0.717, 1.165) is 50.2 Å². The Bertz CT molecular complexity index is 729. The van der Waals surface area contributed by atoms with Gasteiger partial charge in [0.2, 0.25) is 5.88 Å². The third-order valence-corrected chi connectivity index (χ3v) is 6.12. The molecule has 0 spiro atoms. The fraction of sp³-hybridized carbons (Fsp3) is 0.600. The molecule has 2 aromatic rings. The van der Waals surface area contributed by atoms with Gasteiger partial charge in [0.25, 0.3) is 0 Å². The van der Waals surface area contributed by atoms with E-state index < -0.39 is 0 Å². The van der Waals surface area contributed by atoms with Crippen molar-refractivity contribution in [3.63, 3.8) is 0 Å². The molecule has 6 heteroatoms. The Morgan fingerprint density at radius 1 is 1.31 bits per heavy atom. The number of methoxy groups -OCH3 is 1. The summed E-state index contributed by atoms with van der Waals surface area (Å²) in [6.45, 7) is 5.88. The molecule has 0 amide bonds. The minimum absolute atomic E-state index is 0.0665. The Hall–Kier alpha value is -1.92. The lowest BCUT2D eigenvalue weighted by Crippen LogP contribution is -2.52. The van der Waals surface area contributed by atoms with Gasteiger partial charge in [-0.25, -0.2) is 4.98 Å². The summed E-state index contributed by atoms with van der Waals surface area (Å²) in [5, 5.41) is 4.10. The van der Waals surface area contributed by atoms with E-state index in [0.29, 0.717) is 11.9 Å². The van der Waals surface area contributed by atoms with Crippen LogP contribution in [0.5, 0.6) is 5.88 Å². The first-order chi connectivity index (χ1) is 12.6. The largest absolute Gasteiger partial charge is 0.474 e. The summed E-state index contributed by atoms with van der Waals surface area (Å²) in [5.74, 6) is 1.62. The van der Waals surface area contributed by atoms with Crippen molar-refractivity contribution in [2.45, 2.75) is 63.8 Å². The van der Waals surface area contributed by atoms with Gasteiger partial charge in [-0.1, -0.05) is 11.2 Å². The van der Waals surface area contributed by atoms with Crippen molar-refractivity contribution in [1.29, 1.82) is 0 Å². The van der Waals surface area contributed by atoms with E-state index >= 15 is 0 Å². The van der Waals surface area contributed by atoms with E-state index in [9.17, 15) is 0 Å². The molecule has 140 valence electrons. The van der Waals surface area contributed by atoms with E-state index in [2.05, 4.69) is 15.0 Å². The highest BCUT2D eigenvalue weighted by atomic mass is 16.5. The van der Waals surface area contributed by atoms with Gasteiger partial charge in [-0.05, 0) is 39.2 Å². The predicted octanol–water partition coefficient (Wildman–Crippen LogP) is 3.28. The number of rotatable bonds is 5. The molecule has 1 saturated carbocycles. The average Bonchev–Trinajstić information content (AvgIpc) is 3.18. The SMILES string of the molecule is CO[C@@]12CC[C@H](Oc3ccccn3)C[C@@H]1N(Cc1c(C)noc1C)CC2. The monoisotopic (exact) mass is 357 g/mol. The average molecular weight is 357 g/mol. The number of aryl methyl sites for hydroxylation is 2. The molecule has 1 aliphatic carbocycles. The van der Waals surface area contributed by atoms with Crippen LogP contribution in [-0.2, 0) is 11.3 Å². The number of pyridine rings is 1. The van der Waals surface area contributed by atoms with Crippen LogP contribution in [0, 0.1) is 13.8 Å². The van der Waals surface area contributed by atoms with E-state index in [1.54, 1.807) is 6.20 Å². The smallest absolute Gasteiger partial charge is 0.213 e. The highest BCUT2D eigenvalue weighted by molar-refractivity contribution is 5.22. The predicted molar refractivity (Wildman–Crippen MR) is 97.0 cm³/mol. The summed E-state index contributed by atoms with van der Waals surface area (Å²) < 4.78 is 17.6. The van der Waals surface area contributed by atoms with Gasteiger partial charge in [-0.3, -0.25) is 4.90 Å². The van der Waals surface area contributed by atoms with Gasteiger partial charge in [-0.2, -0.15) is 0 Å². The van der Waals surface area contributed by atoms with Crippen molar-refractivity contribution in [3.05, 3.63) is 41.4 Å². The summed E-state index contributed by atoms with van der Waals surface area (Å²) in [6, 6.07) is 6.13. The van der Waals surface area contributed by atoms with Crippen molar-refractivity contribution in [3.8, 4) is 5.88 Å². The maximum atomic E-state index is 6.16. The molecule has 3 heterocycles. The lowest BCUT2D eigenvalue weighted by atomic mass is 9.79. The second-order valence-corrected chi connectivity index (χ2v) is 7.49. The van der Waals surface area contributed by atoms with Gasteiger partial charge in [0, 0.05) is 50.5 Å². The molecule has 2 aromatic heterocycles. The van der Waals surface area contributed by atoms with E-state index in [1.165, 1.54) is 5.56 Å². The maximum absolute atomic E-state index is 6.16. The van der Waals surface area contributed by atoms with Gasteiger partial charge in [-0.15, -0.1) is 0 Å². The van der Waals surface area contributed by atoms with Crippen molar-refractivity contribution in [2.24, 2.45) is 0 Å².